The van der Waals surface area contributed by atoms with Gasteiger partial charge in [-0.25, -0.2) is 0 Å². The van der Waals surface area contributed by atoms with Crippen molar-refractivity contribution in [1.29, 1.82) is 0 Å². The molecule has 0 saturated carbocycles. The van der Waals surface area contributed by atoms with E-state index in [1.807, 2.05) is 19.1 Å². The van der Waals surface area contributed by atoms with Crippen molar-refractivity contribution >= 4 is 33.5 Å². The number of aliphatic carboxylic acids is 1. The van der Waals surface area contributed by atoms with E-state index >= 15 is 0 Å². The maximum Gasteiger partial charge on any atom is 0.309 e. The molecule has 1 heterocycles. The number of carboxylic acid groups (broad SMARTS) is 1. The van der Waals surface area contributed by atoms with E-state index in [4.69, 9.17) is 5.11 Å². The highest BCUT2D eigenvalue weighted by atomic mass is 79.9. The number of nitrogens with one attached hydrogen (secondary N) is 1. The van der Waals surface area contributed by atoms with Gasteiger partial charge < -0.3 is 10.4 Å². The van der Waals surface area contributed by atoms with Crippen molar-refractivity contribution in [3.05, 3.63) is 57.8 Å². The number of benzene rings is 1. The average Bonchev–Trinajstić information content (AvgIpc) is 2.43. The number of rotatable bonds is 4. The van der Waals surface area contributed by atoms with Gasteiger partial charge in [0.25, 0.3) is 5.91 Å². The fraction of sp³-hybridized carbons (Fsp3) is 0.133. The number of carbonyl (C=O) groups is 2. The van der Waals surface area contributed by atoms with Gasteiger partial charge in [-0.3, -0.25) is 14.6 Å². The first kappa shape index (κ1) is 15.2. The summed E-state index contributed by atoms with van der Waals surface area (Å²) >= 11 is 3.39. The molecule has 21 heavy (non-hydrogen) atoms. The summed E-state index contributed by atoms with van der Waals surface area (Å²) in [6.07, 6.45) is 1.30. The van der Waals surface area contributed by atoms with E-state index < -0.39 is 5.97 Å². The Morgan fingerprint density at radius 1 is 1.29 bits per heavy atom. The van der Waals surface area contributed by atoms with Gasteiger partial charge in [-0.2, -0.15) is 0 Å². The Morgan fingerprint density at radius 2 is 2.05 bits per heavy atom. The van der Waals surface area contributed by atoms with Crippen LogP contribution in [0.15, 0.2) is 41.0 Å². The third kappa shape index (κ3) is 3.88. The lowest BCUT2D eigenvalue weighted by atomic mass is 10.1. The van der Waals surface area contributed by atoms with Crippen molar-refractivity contribution in [3.8, 4) is 0 Å². The summed E-state index contributed by atoms with van der Waals surface area (Å²) in [7, 11) is 0. The summed E-state index contributed by atoms with van der Waals surface area (Å²) in [5, 5.41) is 11.4. The van der Waals surface area contributed by atoms with Crippen molar-refractivity contribution in [1.82, 2.24) is 4.98 Å². The molecule has 0 unspecified atom stereocenters. The van der Waals surface area contributed by atoms with Crippen molar-refractivity contribution in [2.24, 2.45) is 0 Å². The zero-order valence-corrected chi connectivity index (χ0v) is 12.8. The molecule has 6 heteroatoms. The predicted molar refractivity (Wildman–Crippen MR) is 82.4 cm³/mol. The lowest BCUT2D eigenvalue weighted by molar-refractivity contribution is -0.136. The molecule has 0 aliphatic heterocycles. The largest absolute Gasteiger partial charge is 0.481 e. The Morgan fingerprint density at radius 3 is 2.67 bits per heavy atom. The molecule has 0 saturated heterocycles. The number of anilines is 1. The monoisotopic (exact) mass is 348 g/mol. The van der Waals surface area contributed by atoms with Crippen LogP contribution >= 0.6 is 15.9 Å². The minimum atomic E-state index is -0.942. The van der Waals surface area contributed by atoms with Crippen LogP contribution in [0.1, 0.15) is 21.6 Å². The van der Waals surface area contributed by atoms with Crippen LogP contribution in [0, 0.1) is 6.92 Å². The number of nitrogens with zero attached hydrogens (tertiary/aromatic N) is 1. The van der Waals surface area contributed by atoms with Gasteiger partial charge in [0.2, 0.25) is 0 Å². The van der Waals surface area contributed by atoms with Crippen molar-refractivity contribution in [3.63, 3.8) is 0 Å². The number of hydrogen-bond donors (Lipinski definition) is 2. The second-order valence-corrected chi connectivity index (χ2v) is 5.29. The number of pyridine rings is 1. The van der Waals surface area contributed by atoms with Gasteiger partial charge >= 0.3 is 5.97 Å². The first-order chi connectivity index (χ1) is 9.97. The second-order valence-electron chi connectivity index (χ2n) is 4.50. The van der Waals surface area contributed by atoms with Gasteiger partial charge in [0.15, 0.2) is 0 Å². The fourth-order valence-corrected chi connectivity index (χ4v) is 2.22. The summed E-state index contributed by atoms with van der Waals surface area (Å²) in [5.74, 6) is -1.19. The Hall–Kier alpha value is -2.21. The van der Waals surface area contributed by atoms with Gasteiger partial charge in [-0.05, 0) is 46.6 Å². The van der Waals surface area contributed by atoms with Gasteiger partial charge in [0.1, 0.15) is 0 Å². The third-order valence-corrected chi connectivity index (χ3v) is 3.90. The summed E-state index contributed by atoms with van der Waals surface area (Å²) in [6, 6.07) is 8.65. The average molecular weight is 349 g/mol. The Balaban J connectivity index is 2.12. The molecule has 0 aliphatic carbocycles. The van der Waals surface area contributed by atoms with Crippen LogP contribution in [-0.4, -0.2) is 22.0 Å². The Bertz CT molecular complexity index is 684. The zero-order valence-electron chi connectivity index (χ0n) is 11.3. The third-order valence-electron chi connectivity index (χ3n) is 2.85. The van der Waals surface area contributed by atoms with E-state index in [1.165, 1.54) is 6.20 Å². The molecule has 1 aromatic heterocycles. The SMILES string of the molecule is Cc1cccc(C(=O)Nc2ccc(CC(=O)O)nc2)c1Br. The second kappa shape index (κ2) is 6.49. The number of amides is 1. The van der Waals surface area contributed by atoms with Crippen LogP contribution < -0.4 is 5.32 Å². The minimum Gasteiger partial charge on any atom is -0.481 e. The van der Waals surface area contributed by atoms with Crippen molar-refractivity contribution in [2.45, 2.75) is 13.3 Å². The summed E-state index contributed by atoms with van der Waals surface area (Å²) in [6.45, 7) is 1.91. The lowest BCUT2D eigenvalue weighted by Crippen LogP contribution is -2.13. The minimum absolute atomic E-state index is 0.141. The molecular weight excluding hydrogens is 336 g/mol. The Kier molecular flexibility index (Phi) is 4.70. The van der Waals surface area contributed by atoms with Gasteiger partial charge in [-0.15, -0.1) is 0 Å². The standard InChI is InChI=1S/C15H13BrN2O3/c1-9-3-2-4-12(14(9)16)15(21)18-11-6-5-10(17-8-11)7-13(19)20/h2-6,8H,7H2,1H3,(H,18,21)(H,19,20). The van der Waals surface area contributed by atoms with E-state index in [0.717, 1.165) is 10.0 Å². The fourth-order valence-electron chi connectivity index (χ4n) is 1.78. The summed E-state index contributed by atoms with van der Waals surface area (Å²) in [5.41, 5.74) is 2.46. The quantitative estimate of drug-likeness (QED) is 0.889. The molecule has 0 spiro atoms. The molecule has 108 valence electrons. The number of halogens is 1. The number of hydrogen-bond acceptors (Lipinski definition) is 3. The van der Waals surface area contributed by atoms with Crippen LogP contribution in [0.4, 0.5) is 5.69 Å². The van der Waals surface area contributed by atoms with Gasteiger partial charge in [0, 0.05) is 4.47 Å². The van der Waals surface area contributed by atoms with Gasteiger partial charge in [-0.1, -0.05) is 12.1 Å². The maximum absolute atomic E-state index is 12.2. The highest BCUT2D eigenvalue weighted by Crippen LogP contribution is 2.22. The van der Waals surface area contributed by atoms with Crippen molar-refractivity contribution in [2.75, 3.05) is 5.32 Å². The molecule has 2 aromatic rings. The van der Waals surface area contributed by atoms with Crippen LogP contribution in [0.25, 0.3) is 0 Å². The predicted octanol–water partition coefficient (Wildman–Crippen LogP) is 3.03. The van der Waals surface area contributed by atoms with E-state index in [0.29, 0.717) is 16.9 Å². The Labute approximate surface area is 130 Å². The molecule has 0 radical (unpaired) electrons. The zero-order chi connectivity index (χ0) is 15.4. The van der Waals surface area contributed by atoms with Crippen molar-refractivity contribution < 1.29 is 14.7 Å². The van der Waals surface area contributed by atoms with E-state index in [-0.39, 0.29) is 12.3 Å². The topological polar surface area (TPSA) is 79.3 Å². The molecule has 5 nitrogen and oxygen atoms in total. The number of carbonyl (C=O) groups excluding carboxylic acids is 1. The van der Waals surface area contributed by atoms with E-state index in [1.54, 1.807) is 18.2 Å². The molecular formula is C15H13BrN2O3. The molecule has 0 bridgehead atoms. The smallest absolute Gasteiger partial charge is 0.309 e. The molecule has 0 atom stereocenters. The first-order valence-electron chi connectivity index (χ1n) is 6.20. The van der Waals surface area contributed by atoms with Gasteiger partial charge in [0.05, 0.1) is 29.6 Å². The van der Waals surface area contributed by atoms with Crippen LogP contribution in [0.5, 0.6) is 0 Å². The molecule has 2 rings (SSSR count). The molecule has 1 amide bonds. The summed E-state index contributed by atoms with van der Waals surface area (Å²) < 4.78 is 0.748. The maximum atomic E-state index is 12.2. The van der Waals surface area contributed by atoms with Crippen LogP contribution in [0.3, 0.4) is 0 Å². The highest BCUT2D eigenvalue weighted by molar-refractivity contribution is 9.10. The normalized spacial score (nSPS) is 10.2. The van der Waals surface area contributed by atoms with E-state index in [2.05, 4.69) is 26.2 Å². The number of aryl methyl sites for hydroxylation is 1. The van der Waals surface area contributed by atoms with Crippen LogP contribution in [-0.2, 0) is 11.2 Å². The van der Waals surface area contributed by atoms with Crippen LogP contribution in [0.2, 0.25) is 0 Å². The molecule has 0 fully saturated rings. The summed E-state index contributed by atoms with van der Waals surface area (Å²) in [4.78, 5) is 26.8. The highest BCUT2D eigenvalue weighted by Gasteiger charge is 2.11. The van der Waals surface area contributed by atoms with E-state index in [9.17, 15) is 9.59 Å². The number of aromatic nitrogens is 1. The molecule has 0 aliphatic rings. The molecule has 1 aromatic carbocycles. The lowest BCUT2D eigenvalue weighted by Gasteiger charge is -2.08. The number of carboxylic acids is 1. The molecule has 2 N–H and O–H groups in total. The first-order valence-corrected chi connectivity index (χ1v) is 7.00.